The SMILES string of the molecule is CCCCCC(=O)N(C)CC.c1ccc(-c2ccccc2)cc1. The van der Waals surface area contributed by atoms with E-state index in [1.165, 1.54) is 24.0 Å². The molecule has 0 heterocycles. The molecule has 0 saturated carbocycles. The lowest BCUT2D eigenvalue weighted by molar-refractivity contribution is -0.129. The topological polar surface area (TPSA) is 20.3 Å². The molecule has 0 unspecified atom stereocenters. The van der Waals surface area contributed by atoms with Crippen molar-refractivity contribution in [1.82, 2.24) is 4.90 Å². The molecule has 0 aliphatic heterocycles. The van der Waals surface area contributed by atoms with Crippen molar-refractivity contribution in [2.24, 2.45) is 0 Å². The van der Waals surface area contributed by atoms with Gasteiger partial charge in [0, 0.05) is 20.0 Å². The number of nitrogens with zero attached hydrogens (tertiary/aromatic N) is 1. The van der Waals surface area contributed by atoms with Crippen molar-refractivity contribution in [3.05, 3.63) is 60.7 Å². The highest BCUT2D eigenvalue weighted by atomic mass is 16.2. The fourth-order valence-corrected chi connectivity index (χ4v) is 2.15. The second kappa shape index (κ2) is 11.5. The van der Waals surface area contributed by atoms with Crippen molar-refractivity contribution in [2.45, 2.75) is 39.5 Å². The molecular weight excluding hydrogens is 282 g/mol. The Labute approximate surface area is 141 Å². The fraction of sp³-hybridized carbons (Fsp3) is 0.381. The molecule has 0 radical (unpaired) electrons. The highest BCUT2D eigenvalue weighted by Crippen LogP contribution is 2.17. The van der Waals surface area contributed by atoms with Gasteiger partial charge in [-0.3, -0.25) is 4.79 Å². The zero-order chi connectivity index (χ0) is 16.9. The summed E-state index contributed by atoms with van der Waals surface area (Å²) in [5, 5.41) is 0. The summed E-state index contributed by atoms with van der Waals surface area (Å²) in [6, 6.07) is 20.8. The Hall–Kier alpha value is -2.09. The molecule has 2 rings (SSSR count). The van der Waals surface area contributed by atoms with Crippen LogP contribution in [0.4, 0.5) is 0 Å². The van der Waals surface area contributed by atoms with Crippen LogP contribution in [0.3, 0.4) is 0 Å². The molecule has 0 aliphatic rings. The first-order valence-electron chi connectivity index (χ1n) is 8.53. The Bertz CT molecular complexity index is 499. The van der Waals surface area contributed by atoms with E-state index in [-0.39, 0.29) is 5.91 Å². The molecule has 0 atom stereocenters. The van der Waals surface area contributed by atoms with E-state index >= 15 is 0 Å². The van der Waals surface area contributed by atoms with Crippen molar-refractivity contribution in [1.29, 1.82) is 0 Å². The maximum atomic E-state index is 11.2. The maximum absolute atomic E-state index is 11.2. The third kappa shape index (κ3) is 7.64. The smallest absolute Gasteiger partial charge is 0.222 e. The number of amides is 1. The van der Waals surface area contributed by atoms with Gasteiger partial charge in [0.05, 0.1) is 0 Å². The molecule has 124 valence electrons. The quantitative estimate of drug-likeness (QED) is 0.654. The van der Waals surface area contributed by atoms with Gasteiger partial charge in [0.1, 0.15) is 0 Å². The highest BCUT2D eigenvalue weighted by molar-refractivity contribution is 5.75. The molecule has 0 aliphatic carbocycles. The first-order chi connectivity index (χ1) is 11.2. The van der Waals surface area contributed by atoms with Crippen LogP contribution in [-0.4, -0.2) is 24.4 Å². The number of carbonyl (C=O) groups excluding carboxylic acids is 1. The van der Waals surface area contributed by atoms with Gasteiger partial charge in [0.2, 0.25) is 5.91 Å². The molecule has 0 saturated heterocycles. The molecule has 0 N–H and O–H groups in total. The van der Waals surface area contributed by atoms with Crippen molar-refractivity contribution >= 4 is 5.91 Å². The average molecular weight is 311 g/mol. The van der Waals surface area contributed by atoms with E-state index in [4.69, 9.17) is 0 Å². The molecule has 2 aromatic rings. The third-order valence-electron chi connectivity index (χ3n) is 3.78. The van der Waals surface area contributed by atoms with Gasteiger partial charge in [-0.1, -0.05) is 80.4 Å². The molecule has 0 spiro atoms. The monoisotopic (exact) mass is 311 g/mol. The van der Waals surface area contributed by atoms with Crippen LogP contribution in [-0.2, 0) is 4.79 Å². The largest absolute Gasteiger partial charge is 0.346 e. The molecule has 2 aromatic carbocycles. The number of hydrogen-bond donors (Lipinski definition) is 0. The summed E-state index contributed by atoms with van der Waals surface area (Å²) in [4.78, 5) is 12.9. The van der Waals surface area contributed by atoms with Crippen LogP contribution in [0.15, 0.2) is 60.7 Å². The zero-order valence-electron chi connectivity index (χ0n) is 14.7. The van der Waals surface area contributed by atoms with E-state index in [1.807, 2.05) is 26.1 Å². The highest BCUT2D eigenvalue weighted by Gasteiger charge is 2.04. The maximum Gasteiger partial charge on any atom is 0.222 e. The molecule has 0 fully saturated rings. The van der Waals surface area contributed by atoms with E-state index in [1.54, 1.807) is 4.90 Å². The van der Waals surface area contributed by atoms with Crippen LogP contribution in [0.1, 0.15) is 39.5 Å². The minimum Gasteiger partial charge on any atom is -0.346 e. The van der Waals surface area contributed by atoms with Crippen molar-refractivity contribution in [3.8, 4) is 11.1 Å². The molecule has 0 bridgehead atoms. The Balaban J connectivity index is 0.000000232. The first-order valence-corrected chi connectivity index (χ1v) is 8.53. The summed E-state index contributed by atoms with van der Waals surface area (Å²) < 4.78 is 0. The van der Waals surface area contributed by atoms with Gasteiger partial charge >= 0.3 is 0 Å². The third-order valence-corrected chi connectivity index (χ3v) is 3.78. The second-order valence-electron chi connectivity index (χ2n) is 5.60. The lowest BCUT2D eigenvalue weighted by Gasteiger charge is -2.13. The summed E-state index contributed by atoms with van der Waals surface area (Å²) in [7, 11) is 1.86. The predicted octanol–water partition coefficient (Wildman–Crippen LogP) is 5.40. The molecule has 1 amide bonds. The predicted molar refractivity (Wildman–Crippen MR) is 99.3 cm³/mol. The average Bonchev–Trinajstić information content (AvgIpc) is 2.63. The van der Waals surface area contributed by atoms with E-state index in [2.05, 4.69) is 55.5 Å². The van der Waals surface area contributed by atoms with Gasteiger partial charge in [-0.15, -0.1) is 0 Å². The van der Waals surface area contributed by atoms with E-state index in [0.29, 0.717) is 0 Å². The van der Waals surface area contributed by atoms with Crippen LogP contribution >= 0.6 is 0 Å². The number of unbranched alkanes of at least 4 members (excludes halogenated alkanes) is 2. The molecular formula is C21H29NO. The van der Waals surface area contributed by atoms with E-state index in [9.17, 15) is 4.79 Å². The van der Waals surface area contributed by atoms with Crippen LogP contribution in [0.5, 0.6) is 0 Å². The number of benzene rings is 2. The fourth-order valence-electron chi connectivity index (χ4n) is 2.15. The second-order valence-corrected chi connectivity index (χ2v) is 5.60. The standard InChI is InChI=1S/C12H10.C9H19NO/c1-3-7-11(8-4-1)12-9-5-2-6-10-12;1-4-6-7-8-9(11)10(3)5-2/h1-10H;4-8H2,1-3H3. The van der Waals surface area contributed by atoms with Gasteiger partial charge in [0.25, 0.3) is 0 Å². The van der Waals surface area contributed by atoms with E-state index < -0.39 is 0 Å². The summed E-state index contributed by atoms with van der Waals surface area (Å²) >= 11 is 0. The van der Waals surface area contributed by atoms with Crippen LogP contribution in [0.2, 0.25) is 0 Å². The van der Waals surface area contributed by atoms with Gasteiger partial charge < -0.3 is 4.90 Å². The number of rotatable bonds is 6. The zero-order valence-corrected chi connectivity index (χ0v) is 14.7. The molecule has 2 heteroatoms. The van der Waals surface area contributed by atoms with Gasteiger partial charge in [0.15, 0.2) is 0 Å². The Morgan fingerprint density at radius 3 is 1.70 bits per heavy atom. The van der Waals surface area contributed by atoms with Crippen molar-refractivity contribution in [2.75, 3.05) is 13.6 Å². The van der Waals surface area contributed by atoms with Crippen molar-refractivity contribution in [3.63, 3.8) is 0 Å². The number of hydrogen-bond acceptors (Lipinski definition) is 1. The minimum atomic E-state index is 0.279. The molecule has 0 aromatic heterocycles. The Kier molecular flexibility index (Phi) is 9.46. The lowest BCUT2D eigenvalue weighted by atomic mass is 10.1. The van der Waals surface area contributed by atoms with Crippen LogP contribution < -0.4 is 0 Å². The number of carbonyl (C=O) groups is 1. The van der Waals surface area contributed by atoms with Gasteiger partial charge in [-0.25, -0.2) is 0 Å². The minimum absolute atomic E-state index is 0.279. The summed E-state index contributed by atoms with van der Waals surface area (Å²) in [6.45, 7) is 4.97. The van der Waals surface area contributed by atoms with Gasteiger partial charge in [-0.05, 0) is 24.5 Å². The van der Waals surface area contributed by atoms with Crippen molar-refractivity contribution < 1.29 is 4.79 Å². The first kappa shape index (κ1) is 19.0. The summed E-state index contributed by atoms with van der Waals surface area (Å²) in [6.07, 6.45) is 4.12. The van der Waals surface area contributed by atoms with Crippen LogP contribution in [0, 0.1) is 0 Å². The Morgan fingerprint density at radius 2 is 1.30 bits per heavy atom. The molecule has 2 nitrogen and oxygen atoms in total. The van der Waals surface area contributed by atoms with E-state index in [0.717, 1.165) is 19.4 Å². The lowest BCUT2D eigenvalue weighted by Crippen LogP contribution is -2.25. The Morgan fingerprint density at radius 1 is 0.826 bits per heavy atom. The normalized spacial score (nSPS) is 9.70. The van der Waals surface area contributed by atoms with Gasteiger partial charge in [-0.2, -0.15) is 0 Å². The van der Waals surface area contributed by atoms with Crippen LogP contribution in [0.25, 0.3) is 11.1 Å². The summed E-state index contributed by atoms with van der Waals surface area (Å²) in [5.41, 5.74) is 2.55. The summed E-state index contributed by atoms with van der Waals surface area (Å²) in [5.74, 6) is 0.279. The molecule has 23 heavy (non-hydrogen) atoms.